The standard InChI is InChI=1S/C48H58ClF3N6O4/c1-5-57-21-15-42(54-57)56-24-22-55(23-25-56)30-34-12-13-35-28-36(26-32(2)31-62-41-14-20-53-40-11-6-8-33(3)43(40)41)46(39(35)27-34)16-18-47(19-17-46,45(60)61-4)58(44(59)48(50,51)52)38-10-7-9-37(49)29-38/h7,9-10,12-15,20-21,27,29,32-33,36H,5-6,8,11,16-19,22-26,28,30-31H2,1-4H3/t32-,33-,36+,46?,47?/m1/s1. The van der Waals surface area contributed by atoms with Gasteiger partial charge < -0.3 is 14.4 Å². The Bertz CT molecular complexity index is 2250. The Balaban J connectivity index is 1.08. The summed E-state index contributed by atoms with van der Waals surface area (Å²) in [5.74, 6) is -0.447. The SMILES string of the molecule is CCn1ccc(N2CCN(Cc3ccc4c(c3)C3(CCC(C(=O)OC)(N(C(=O)C(F)(F)F)c5cccc(Cl)c5)CC3)[C@@H](C[C@@H](C)COc3ccnc5c3[C@H](C)CCC5)C4)CC2)n1. The molecule has 0 bridgehead atoms. The van der Waals surface area contributed by atoms with Crippen LogP contribution in [0, 0.1) is 11.8 Å². The first kappa shape index (κ1) is 44.0. The largest absolute Gasteiger partial charge is 0.493 e. The van der Waals surface area contributed by atoms with Crippen LogP contribution in [0.15, 0.2) is 67.0 Å². The number of aryl methyl sites for hydroxylation is 2. The van der Waals surface area contributed by atoms with Crippen LogP contribution >= 0.6 is 11.6 Å². The molecule has 2 aromatic heterocycles. The van der Waals surface area contributed by atoms with E-state index in [0.29, 0.717) is 30.3 Å². The number of anilines is 2. The Labute approximate surface area is 367 Å². The molecule has 1 amide bonds. The number of pyridine rings is 1. The summed E-state index contributed by atoms with van der Waals surface area (Å²) in [5.41, 5.74) is 3.48. The molecule has 4 aliphatic rings. The fraction of sp³-hybridized carbons (Fsp3) is 0.542. The number of rotatable bonds is 12. The van der Waals surface area contributed by atoms with Gasteiger partial charge in [0.25, 0.3) is 0 Å². The summed E-state index contributed by atoms with van der Waals surface area (Å²) in [7, 11) is 1.17. The molecular formula is C48H58ClF3N6O4. The van der Waals surface area contributed by atoms with Crippen molar-refractivity contribution in [1.82, 2.24) is 19.7 Å². The molecule has 0 N–H and O–H groups in total. The van der Waals surface area contributed by atoms with Crippen LogP contribution in [0.1, 0.15) is 99.6 Å². The van der Waals surface area contributed by atoms with E-state index in [2.05, 4.69) is 59.8 Å². The zero-order valence-corrected chi connectivity index (χ0v) is 37.0. The molecule has 1 saturated carbocycles. The molecule has 0 unspecified atom stereocenters. The molecule has 10 nitrogen and oxygen atoms in total. The molecule has 332 valence electrons. The fourth-order valence-electron chi connectivity index (χ4n) is 11.1. The predicted molar refractivity (Wildman–Crippen MR) is 234 cm³/mol. The van der Waals surface area contributed by atoms with E-state index >= 15 is 0 Å². The minimum absolute atomic E-state index is 0.0180. The van der Waals surface area contributed by atoms with Crippen molar-refractivity contribution < 1.29 is 32.2 Å². The van der Waals surface area contributed by atoms with Gasteiger partial charge in [-0.2, -0.15) is 18.3 Å². The van der Waals surface area contributed by atoms with Crippen molar-refractivity contribution in [3.63, 3.8) is 0 Å². The Morgan fingerprint density at radius 3 is 2.50 bits per heavy atom. The lowest BCUT2D eigenvalue weighted by Gasteiger charge is -2.51. The number of piperazine rings is 1. The normalized spacial score (nSPS) is 24.4. The van der Waals surface area contributed by atoms with Gasteiger partial charge in [-0.3, -0.25) is 24.3 Å². The molecule has 8 rings (SSSR count). The average Bonchev–Trinajstić information content (AvgIpc) is 3.86. The number of halogens is 4. The van der Waals surface area contributed by atoms with Crippen molar-refractivity contribution in [2.75, 3.05) is 49.7 Å². The zero-order chi connectivity index (χ0) is 43.8. The summed E-state index contributed by atoms with van der Waals surface area (Å²) >= 11 is 6.30. The Hall–Kier alpha value is -4.62. The average molecular weight is 875 g/mol. The molecule has 2 fully saturated rings. The molecule has 0 radical (unpaired) electrons. The third-order valence-electron chi connectivity index (χ3n) is 14.3. The quantitative estimate of drug-likeness (QED) is 0.130. The van der Waals surface area contributed by atoms with Gasteiger partial charge in [-0.15, -0.1) is 0 Å². The number of hydrogen-bond acceptors (Lipinski definition) is 8. The highest BCUT2D eigenvalue weighted by molar-refractivity contribution is 6.31. The van der Waals surface area contributed by atoms with Gasteiger partial charge in [-0.05, 0) is 129 Å². The van der Waals surface area contributed by atoms with Crippen molar-refractivity contribution in [3.8, 4) is 5.75 Å². The summed E-state index contributed by atoms with van der Waals surface area (Å²) in [6.07, 6.45) is 4.13. The molecule has 1 saturated heterocycles. The topological polar surface area (TPSA) is 93.0 Å². The van der Waals surface area contributed by atoms with Gasteiger partial charge in [-0.1, -0.05) is 49.7 Å². The maximum absolute atomic E-state index is 14.5. The van der Waals surface area contributed by atoms with Crippen molar-refractivity contribution in [3.05, 3.63) is 100.0 Å². The second kappa shape index (κ2) is 17.9. The first-order valence-corrected chi connectivity index (χ1v) is 22.6. The summed E-state index contributed by atoms with van der Waals surface area (Å²) in [4.78, 5) is 37.6. The number of carbonyl (C=O) groups is 2. The van der Waals surface area contributed by atoms with Crippen LogP contribution in [-0.4, -0.2) is 83.2 Å². The van der Waals surface area contributed by atoms with E-state index < -0.39 is 29.0 Å². The molecule has 3 atom stereocenters. The molecule has 3 aliphatic carbocycles. The lowest BCUT2D eigenvalue weighted by Crippen LogP contribution is -2.63. The minimum Gasteiger partial charge on any atom is -0.493 e. The van der Waals surface area contributed by atoms with Crippen LogP contribution in [0.5, 0.6) is 5.75 Å². The number of aromatic nitrogens is 3. The van der Waals surface area contributed by atoms with Crippen LogP contribution in [0.3, 0.4) is 0 Å². The highest BCUT2D eigenvalue weighted by Gasteiger charge is 2.60. The lowest BCUT2D eigenvalue weighted by molar-refractivity contribution is -0.174. The maximum Gasteiger partial charge on any atom is 0.471 e. The Kier molecular flexibility index (Phi) is 12.7. The molecule has 1 spiro atoms. The van der Waals surface area contributed by atoms with Crippen molar-refractivity contribution in [1.29, 1.82) is 0 Å². The van der Waals surface area contributed by atoms with E-state index in [0.717, 1.165) is 88.6 Å². The molecular weight excluding hydrogens is 817 g/mol. The molecule has 1 aliphatic heterocycles. The predicted octanol–water partition coefficient (Wildman–Crippen LogP) is 9.31. The van der Waals surface area contributed by atoms with E-state index in [1.807, 2.05) is 23.1 Å². The number of hydrogen-bond donors (Lipinski definition) is 0. The molecule has 3 heterocycles. The van der Waals surface area contributed by atoms with Crippen LogP contribution in [-0.2, 0) is 45.7 Å². The lowest BCUT2D eigenvalue weighted by atomic mass is 9.59. The summed E-state index contributed by atoms with van der Waals surface area (Å²) in [6, 6.07) is 16.5. The molecule has 4 aromatic rings. The van der Waals surface area contributed by atoms with Crippen LogP contribution in [0.2, 0.25) is 5.02 Å². The first-order chi connectivity index (χ1) is 29.7. The first-order valence-electron chi connectivity index (χ1n) is 22.2. The van der Waals surface area contributed by atoms with E-state index in [1.165, 1.54) is 53.6 Å². The monoisotopic (exact) mass is 874 g/mol. The van der Waals surface area contributed by atoms with E-state index in [9.17, 15) is 22.8 Å². The summed E-state index contributed by atoms with van der Waals surface area (Å²) in [5, 5.41) is 4.86. The number of fused-ring (bicyclic) bond motifs is 3. The van der Waals surface area contributed by atoms with E-state index in [4.69, 9.17) is 26.2 Å². The second-order valence-electron chi connectivity index (χ2n) is 18.1. The molecule has 62 heavy (non-hydrogen) atoms. The minimum atomic E-state index is -5.25. The van der Waals surface area contributed by atoms with E-state index in [-0.39, 0.29) is 35.4 Å². The molecule has 14 heteroatoms. The second-order valence-corrected chi connectivity index (χ2v) is 18.5. The Morgan fingerprint density at radius 2 is 1.81 bits per heavy atom. The van der Waals surface area contributed by atoms with Gasteiger partial charge in [0.1, 0.15) is 11.3 Å². The highest BCUT2D eigenvalue weighted by atomic mass is 35.5. The summed E-state index contributed by atoms with van der Waals surface area (Å²) < 4.78 is 57.5. The summed E-state index contributed by atoms with van der Waals surface area (Å²) in [6.45, 7) is 12.1. The number of esters is 1. The third-order valence-corrected chi connectivity index (χ3v) is 14.5. The van der Waals surface area contributed by atoms with Gasteiger partial charge in [-0.25, -0.2) is 4.79 Å². The van der Waals surface area contributed by atoms with E-state index in [1.54, 1.807) is 0 Å². The van der Waals surface area contributed by atoms with Gasteiger partial charge in [0.05, 0.1) is 13.7 Å². The Morgan fingerprint density at radius 1 is 1.03 bits per heavy atom. The number of benzene rings is 2. The fourth-order valence-corrected chi connectivity index (χ4v) is 11.3. The van der Waals surface area contributed by atoms with Crippen molar-refractivity contribution in [2.45, 2.75) is 115 Å². The van der Waals surface area contributed by atoms with Gasteiger partial charge in [0, 0.05) is 79.7 Å². The number of carbonyl (C=O) groups excluding carboxylic acids is 2. The number of methoxy groups -OCH3 is 1. The third kappa shape index (κ3) is 8.55. The number of alkyl halides is 3. The smallest absolute Gasteiger partial charge is 0.471 e. The van der Waals surface area contributed by atoms with Crippen LogP contribution in [0.4, 0.5) is 24.7 Å². The van der Waals surface area contributed by atoms with Gasteiger partial charge >= 0.3 is 18.1 Å². The molecule has 2 aromatic carbocycles. The number of amides is 1. The van der Waals surface area contributed by atoms with Crippen LogP contribution in [0.25, 0.3) is 0 Å². The van der Waals surface area contributed by atoms with Crippen LogP contribution < -0.4 is 14.5 Å². The number of nitrogens with zero attached hydrogens (tertiary/aromatic N) is 6. The highest BCUT2D eigenvalue weighted by Crippen LogP contribution is 2.57. The van der Waals surface area contributed by atoms with Gasteiger partial charge in [0.2, 0.25) is 0 Å². The zero-order valence-electron chi connectivity index (χ0n) is 36.2. The van der Waals surface area contributed by atoms with Gasteiger partial charge in [0.15, 0.2) is 5.82 Å². The van der Waals surface area contributed by atoms with Crippen molar-refractivity contribution in [2.24, 2.45) is 11.8 Å². The van der Waals surface area contributed by atoms with Crippen molar-refractivity contribution >= 4 is 35.0 Å². The maximum atomic E-state index is 14.5. The number of ether oxygens (including phenoxy) is 2.